The Kier molecular flexibility index (Phi) is 3.80. The number of benzene rings is 2. The Hall–Kier alpha value is -3.02. The van der Waals surface area contributed by atoms with Gasteiger partial charge in [0.05, 0.1) is 5.69 Å². The topological polar surface area (TPSA) is 46.9 Å². The van der Waals surface area contributed by atoms with Crippen molar-refractivity contribution in [3.63, 3.8) is 0 Å². The van der Waals surface area contributed by atoms with Crippen LogP contribution in [-0.2, 0) is 12.8 Å². The van der Waals surface area contributed by atoms with Crippen molar-refractivity contribution in [1.29, 1.82) is 0 Å². The lowest BCUT2D eigenvalue weighted by molar-refractivity contribution is 0.102. The number of carbonyl (C=O) groups is 1. The maximum Gasteiger partial charge on any atom is 0.276 e. The Morgan fingerprint density at radius 3 is 2.60 bits per heavy atom. The first-order valence-corrected chi connectivity index (χ1v) is 8.06. The van der Waals surface area contributed by atoms with Crippen LogP contribution in [0.4, 0.5) is 14.5 Å². The number of nitrogens with one attached hydrogen (secondary N) is 1. The summed E-state index contributed by atoms with van der Waals surface area (Å²) in [5, 5.41) is 7.07. The van der Waals surface area contributed by atoms with E-state index >= 15 is 0 Å². The van der Waals surface area contributed by atoms with Crippen LogP contribution in [0.15, 0.2) is 48.5 Å². The van der Waals surface area contributed by atoms with E-state index < -0.39 is 17.5 Å². The number of fused-ring (bicyclic) bond motifs is 1. The summed E-state index contributed by atoms with van der Waals surface area (Å²) in [7, 11) is 0. The van der Waals surface area contributed by atoms with Gasteiger partial charge in [0.15, 0.2) is 17.3 Å². The lowest BCUT2D eigenvalue weighted by Gasteiger charge is -2.05. The second-order valence-corrected chi connectivity index (χ2v) is 5.96. The van der Waals surface area contributed by atoms with Crippen molar-refractivity contribution in [2.45, 2.75) is 19.3 Å². The third-order valence-corrected chi connectivity index (χ3v) is 4.32. The van der Waals surface area contributed by atoms with Crippen molar-refractivity contribution in [1.82, 2.24) is 9.78 Å². The van der Waals surface area contributed by atoms with Crippen LogP contribution >= 0.6 is 0 Å². The molecule has 1 heterocycles. The van der Waals surface area contributed by atoms with Gasteiger partial charge < -0.3 is 5.32 Å². The molecule has 1 aliphatic carbocycles. The molecule has 0 spiro atoms. The summed E-state index contributed by atoms with van der Waals surface area (Å²) >= 11 is 0. The van der Waals surface area contributed by atoms with Crippen LogP contribution in [-0.4, -0.2) is 15.7 Å². The van der Waals surface area contributed by atoms with Crippen molar-refractivity contribution in [2.75, 3.05) is 5.32 Å². The van der Waals surface area contributed by atoms with E-state index in [-0.39, 0.29) is 5.69 Å². The molecule has 0 bridgehead atoms. The fourth-order valence-electron chi connectivity index (χ4n) is 3.17. The smallest absolute Gasteiger partial charge is 0.276 e. The molecule has 1 amide bonds. The maximum atomic E-state index is 13.3. The molecule has 4 rings (SSSR count). The first kappa shape index (κ1) is 15.5. The van der Waals surface area contributed by atoms with Crippen LogP contribution in [0.3, 0.4) is 0 Å². The number of rotatable bonds is 3. The summed E-state index contributed by atoms with van der Waals surface area (Å²) in [5.74, 6) is -2.37. The van der Waals surface area contributed by atoms with E-state index in [2.05, 4.69) is 10.4 Å². The van der Waals surface area contributed by atoms with E-state index in [0.29, 0.717) is 5.69 Å². The van der Waals surface area contributed by atoms with E-state index in [9.17, 15) is 13.6 Å². The Bertz CT molecular complexity index is 951. The van der Waals surface area contributed by atoms with Gasteiger partial charge in [0.1, 0.15) is 0 Å². The average molecular weight is 339 g/mol. The molecule has 0 unspecified atom stereocenters. The van der Waals surface area contributed by atoms with Crippen LogP contribution in [0.2, 0.25) is 0 Å². The first-order valence-electron chi connectivity index (χ1n) is 8.06. The molecule has 126 valence electrons. The van der Waals surface area contributed by atoms with Gasteiger partial charge in [-0.05, 0) is 43.5 Å². The van der Waals surface area contributed by atoms with Gasteiger partial charge in [0.25, 0.3) is 5.91 Å². The maximum absolute atomic E-state index is 13.3. The zero-order chi connectivity index (χ0) is 17.4. The van der Waals surface area contributed by atoms with E-state index in [1.165, 1.54) is 6.07 Å². The highest BCUT2D eigenvalue weighted by Gasteiger charge is 2.27. The molecule has 0 saturated carbocycles. The fourth-order valence-corrected chi connectivity index (χ4v) is 3.17. The molecule has 25 heavy (non-hydrogen) atoms. The van der Waals surface area contributed by atoms with Gasteiger partial charge in [0.2, 0.25) is 0 Å². The predicted octanol–water partition coefficient (Wildman–Crippen LogP) is 3.89. The lowest BCUT2D eigenvalue weighted by Crippen LogP contribution is -2.15. The van der Waals surface area contributed by atoms with Crippen molar-refractivity contribution in [2.24, 2.45) is 0 Å². The van der Waals surface area contributed by atoms with Crippen LogP contribution in [0.1, 0.15) is 28.2 Å². The molecule has 6 heteroatoms. The molecular weight excluding hydrogens is 324 g/mol. The molecule has 1 aromatic heterocycles. The van der Waals surface area contributed by atoms with Crippen molar-refractivity contribution in [3.05, 3.63) is 77.1 Å². The van der Waals surface area contributed by atoms with Gasteiger partial charge >= 0.3 is 0 Å². The van der Waals surface area contributed by atoms with E-state index in [0.717, 1.165) is 48.3 Å². The second kappa shape index (κ2) is 6.12. The largest absolute Gasteiger partial charge is 0.320 e. The third kappa shape index (κ3) is 2.80. The monoisotopic (exact) mass is 339 g/mol. The lowest BCUT2D eigenvalue weighted by atomic mass is 10.2. The highest BCUT2D eigenvalue weighted by Crippen LogP contribution is 2.28. The van der Waals surface area contributed by atoms with Crippen molar-refractivity contribution in [3.8, 4) is 5.69 Å². The van der Waals surface area contributed by atoms with Gasteiger partial charge in [-0.25, -0.2) is 13.5 Å². The minimum absolute atomic E-state index is 0.199. The summed E-state index contributed by atoms with van der Waals surface area (Å²) in [6, 6.07) is 12.9. The second-order valence-electron chi connectivity index (χ2n) is 5.96. The number of halogens is 2. The standard InChI is InChI=1S/C19H15F2N3O/c20-15-10-9-12(11-16(15)21)22-19(25)18-14-7-4-8-17(14)24(23-18)13-5-2-1-3-6-13/h1-3,5-6,9-11H,4,7-8H2,(H,22,25). The SMILES string of the molecule is O=C(Nc1ccc(F)c(F)c1)c1nn(-c2ccccc2)c2c1CCC2. The molecule has 3 aromatic rings. The molecule has 2 aromatic carbocycles. The number of aromatic nitrogens is 2. The summed E-state index contributed by atoms with van der Waals surface area (Å²) in [6.07, 6.45) is 2.60. The summed E-state index contributed by atoms with van der Waals surface area (Å²) in [4.78, 5) is 12.6. The molecule has 4 nitrogen and oxygen atoms in total. The molecule has 1 aliphatic rings. The van der Waals surface area contributed by atoms with Crippen LogP contribution in [0, 0.1) is 11.6 Å². The third-order valence-electron chi connectivity index (χ3n) is 4.32. The molecular formula is C19H15F2N3O. The highest BCUT2D eigenvalue weighted by atomic mass is 19.2. The molecule has 0 saturated heterocycles. The minimum Gasteiger partial charge on any atom is -0.320 e. The van der Waals surface area contributed by atoms with Gasteiger partial charge in [-0.1, -0.05) is 18.2 Å². The van der Waals surface area contributed by atoms with Crippen LogP contribution in [0.25, 0.3) is 5.69 Å². The summed E-state index contributed by atoms with van der Waals surface area (Å²) < 4.78 is 28.2. The van der Waals surface area contributed by atoms with Crippen molar-refractivity contribution >= 4 is 11.6 Å². The van der Waals surface area contributed by atoms with Gasteiger partial charge in [-0.15, -0.1) is 0 Å². The quantitative estimate of drug-likeness (QED) is 0.787. The van der Waals surface area contributed by atoms with Gasteiger partial charge in [-0.3, -0.25) is 4.79 Å². The zero-order valence-corrected chi connectivity index (χ0v) is 13.3. The minimum atomic E-state index is -1.00. The molecule has 0 fully saturated rings. The van der Waals surface area contributed by atoms with E-state index in [4.69, 9.17) is 0 Å². The predicted molar refractivity (Wildman–Crippen MR) is 89.9 cm³/mol. The molecule has 0 radical (unpaired) electrons. The first-order chi connectivity index (χ1) is 12.1. The number of amides is 1. The Labute approximate surface area is 143 Å². The number of hydrogen-bond acceptors (Lipinski definition) is 2. The van der Waals surface area contributed by atoms with E-state index in [1.54, 1.807) is 4.68 Å². The molecule has 1 N–H and O–H groups in total. The average Bonchev–Trinajstić information content (AvgIpc) is 3.21. The molecule has 0 atom stereocenters. The number of hydrogen-bond donors (Lipinski definition) is 1. The molecule has 0 aliphatic heterocycles. The number of nitrogens with zero attached hydrogens (tertiary/aromatic N) is 2. The van der Waals surface area contributed by atoms with Crippen molar-refractivity contribution < 1.29 is 13.6 Å². The number of carbonyl (C=O) groups excluding carboxylic acids is 1. The van der Waals surface area contributed by atoms with Gasteiger partial charge in [0, 0.05) is 23.0 Å². The Morgan fingerprint density at radius 1 is 1.04 bits per heavy atom. The van der Waals surface area contributed by atoms with Crippen LogP contribution in [0.5, 0.6) is 0 Å². The van der Waals surface area contributed by atoms with Gasteiger partial charge in [-0.2, -0.15) is 5.10 Å². The zero-order valence-electron chi connectivity index (χ0n) is 13.3. The van der Waals surface area contributed by atoms with E-state index in [1.807, 2.05) is 30.3 Å². The fraction of sp³-hybridized carbons (Fsp3) is 0.158. The Balaban J connectivity index is 1.68. The summed E-state index contributed by atoms with van der Waals surface area (Å²) in [5.41, 5.74) is 3.38. The summed E-state index contributed by atoms with van der Waals surface area (Å²) in [6.45, 7) is 0. The highest BCUT2D eigenvalue weighted by molar-refractivity contribution is 6.04. The normalized spacial score (nSPS) is 12.9. The Morgan fingerprint density at radius 2 is 1.84 bits per heavy atom. The number of para-hydroxylation sites is 1. The van der Waals surface area contributed by atoms with Crippen LogP contribution < -0.4 is 5.32 Å². The number of anilines is 1.